The summed E-state index contributed by atoms with van der Waals surface area (Å²) in [4.78, 5) is 54.2. The van der Waals surface area contributed by atoms with Gasteiger partial charge in [-0.15, -0.1) is 0 Å². The molecule has 0 spiro atoms. The van der Waals surface area contributed by atoms with Crippen LogP contribution in [0.25, 0.3) is 0 Å². The SMILES string of the molecule is COc1ccc(C[C@H]2NC(=O)/C=C\C[C@@H]([C@H](C)[C@H]3O[C@@H]3c3ccc(CNCC(C)CSSC)cc3)OC(=O)[C@H](CC(C)C)OC(=O)C(C)(C)CNC2=O)cc1Cl. The highest BCUT2D eigenvalue weighted by Crippen LogP contribution is 2.45. The molecule has 0 aromatic heterocycles. The van der Waals surface area contributed by atoms with Crippen LogP contribution < -0.4 is 20.7 Å². The number of carbonyl (C=O) groups excluding carboxylic acids is 4. The summed E-state index contributed by atoms with van der Waals surface area (Å²) in [6, 6.07) is 12.5. The summed E-state index contributed by atoms with van der Waals surface area (Å²) in [6.07, 6.45) is 3.34. The summed E-state index contributed by atoms with van der Waals surface area (Å²) in [5, 5.41) is 9.49. The Kier molecular flexibility index (Phi) is 17.5. The van der Waals surface area contributed by atoms with E-state index in [-0.39, 0.29) is 49.9 Å². The molecule has 0 radical (unpaired) electrons. The largest absolute Gasteiger partial charge is 0.495 e. The van der Waals surface area contributed by atoms with Crippen molar-refractivity contribution in [2.75, 3.05) is 32.2 Å². The highest BCUT2D eigenvalue weighted by atomic mass is 35.5. The van der Waals surface area contributed by atoms with Crippen molar-refractivity contribution in [3.63, 3.8) is 0 Å². The van der Waals surface area contributed by atoms with Crippen LogP contribution >= 0.6 is 33.2 Å². The maximum atomic E-state index is 13.8. The summed E-state index contributed by atoms with van der Waals surface area (Å²) in [5.41, 5.74) is 1.70. The number of cyclic esters (lactones) is 2. The number of carbonyl (C=O) groups is 4. The molecule has 308 valence electrons. The first kappa shape index (κ1) is 45.5. The molecule has 0 aliphatic carbocycles. The first-order valence-electron chi connectivity index (χ1n) is 19.2. The number of methoxy groups -OCH3 is 1. The summed E-state index contributed by atoms with van der Waals surface area (Å²) < 4.78 is 23.4. The molecule has 14 heteroatoms. The van der Waals surface area contributed by atoms with Gasteiger partial charge in [-0.1, -0.05) is 97.3 Å². The molecule has 7 atom stereocenters. The van der Waals surface area contributed by atoms with Gasteiger partial charge in [0.15, 0.2) is 6.10 Å². The van der Waals surface area contributed by atoms with Crippen molar-refractivity contribution in [1.29, 1.82) is 0 Å². The lowest BCUT2D eigenvalue weighted by atomic mass is 9.92. The minimum Gasteiger partial charge on any atom is -0.495 e. The third kappa shape index (κ3) is 13.7. The smallest absolute Gasteiger partial charge is 0.347 e. The van der Waals surface area contributed by atoms with Crippen molar-refractivity contribution in [3.05, 3.63) is 76.3 Å². The zero-order valence-corrected chi connectivity index (χ0v) is 36.1. The number of hydrogen-bond acceptors (Lipinski definition) is 11. The quantitative estimate of drug-likeness (QED) is 0.0984. The maximum absolute atomic E-state index is 13.8. The molecule has 4 rings (SSSR count). The minimum absolute atomic E-state index is 0.0114. The second-order valence-corrected chi connectivity index (χ2v) is 18.8. The van der Waals surface area contributed by atoms with E-state index in [9.17, 15) is 19.2 Å². The maximum Gasteiger partial charge on any atom is 0.347 e. The van der Waals surface area contributed by atoms with Crippen LogP contribution in [-0.4, -0.2) is 80.3 Å². The van der Waals surface area contributed by atoms with Crippen molar-refractivity contribution in [2.45, 2.75) is 97.8 Å². The normalized spacial score (nSPS) is 25.0. The first-order chi connectivity index (χ1) is 26.6. The van der Waals surface area contributed by atoms with E-state index < -0.39 is 47.4 Å². The van der Waals surface area contributed by atoms with Gasteiger partial charge in [-0.05, 0) is 79.8 Å². The van der Waals surface area contributed by atoms with E-state index in [4.69, 9.17) is 30.5 Å². The highest BCUT2D eigenvalue weighted by Gasteiger charge is 2.48. The minimum atomic E-state index is -1.21. The van der Waals surface area contributed by atoms with Crippen LogP contribution in [0.1, 0.15) is 77.2 Å². The third-order valence-electron chi connectivity index (χ3n) is 9.88. The number of hydrogen-bond donors (Lipinski definition) is 3. The number of benzene rings is 2. The third-order valence-corrected chi connectivity index (χ3v) is 12.2. The fourth-order valence-electron chi connectivity index (χ4n) is 6.35. The van der Waals surface area contributed by atoms with Gasteiger partial charge in [0.2, 0.25) is 11.8 Å². The van der Waals surface area contributed by atoms with Crippen molar-refractivity contribution in [3.8, 4) is 5.75 Å². The lowest BCUT2D eigenvalue weighted by Crippen LogP contribution is -2.51. The lowest BCUT2D eigenvalue weighted by Gasteiger charge is -2.29. The molecule has 1 saturated heterocycles. The molecule has 0 saturated carbocycles. The molecular weight excluding hydrogens is 774 g/mol. The monoisotopic (exact) mass is 831 g/mol. The number of halogens is 1. The molecule has 2 aliphatic rings. The van der Waals surface area contributed by atoms with Gasteiger partial charge in [-0.2, -0.15) is 0 Å². The van der Waals surface area contributed by atoms with Gasteiger partial charge >= 0.3 is 11.9 Å². The molecule has 0 bridgehead atoms. The molecule has 1 fully saturated rings. The molecule has 2 heterocycles. The summed E-state index contributed by atoms with van der Waals surface area (Å²) >= 11 is 6.36. The van der Waals surface area contributed by atoms with E-state index in [2.05, 4.69) is 53.4 Å². The van der Waals surface area contributed by atoms with Crippen molar-refractivity contribution >= 4 is 56.9 Å². The Bertz CT molecular complexity index is 1670. The topological polar surface area (TPSA) is 145 Å². The van der Waals surface area contributed by atoms with E-state index in [1.807, 2.05) is 31.6 Å². The number of ether oxygens (including phenoxy) is 4. The average molecular weight is 833 g/mol. The molecule has 11 nitrogen and oxygen atoms in total. The van der Waals surface area contributed by atoms with Gasteiger partial charge in [0, 0.05) is 37.6 Å². The standard InChI is InChI=1S/C42H58ClN3O8S2/c1-25(2)18-35-40(49)52-33(27(4)37-38(54-37)30-15-12-28(13-16-30)22-44-21-26(3)23-56-55-8)10-9-11-36(47)46-32(20-29-14-17-34(51-7)31(43)19-29)39(48)45-24-42(5,6)41(50)53-35/h9,11-17,19,25-27,32-33,35,37-38,44H,10,18,20-24H2,1-8H3,(H,45,48)(H,46,47)/b11-9-/t26?,27-,32+,33-,35-,37+,38+/m0/s1. The average Bonchev–Trinajstić information content (AvgIpc) is 3.96. The zero-order valence-electron chi connectivity index (χ0n) is 33.7. The molecule has 3 N–H and O–H groups in total. The Hall–Kier alpha value is -3.23. The Balaban J connectivity index is 1.52. The van der Waals surface area contributed by atoms with E-state index in [1.165, 1.54) is 18.7 Å². The van der Waals surface area contributed by atoms with Crippen LogP contribution in [0, 0.1) is 23.2 Å². The number of nitrogens with one attached hydrogen (secondary N) is 3. The molecular formula is C42H58ClN3O8S2. The second kappa shape index (κ2) is 21.5. The Morgan fingerprint density at radius 3 is 2.39 bits per heavy atom. The Morgan fingerprint density at radius 1 is 1.02 bits per heavy atom. The summed E-state index contributed by atoms with van der Waals surface area (Å²) in [7, 11) is 5.17. The second-order valence-electron chi connectivity index (χ2n) is 15.8. The van der Waals surface area contributed by atoms with E-state index in [0.29, 0.717) is 22.3 Å². The molecule has 2 aromatic rings. The highest BCUT2D eigenvalue weighted by molar-refractivity contribution is 8.76. The Morgan fingerprint density at radius 2 is 1.73 bits per heavy atom. The van der Waals surface area contributed by atoms with Crippen LogP contribution in [-0.2, 0) is 46.4 Å². The summed E-state index contributed by atoms with van der Waals surface area (Å²) in [5.74, 6) is -0.421. The van der Waals surface area contributed by atoms with Crippen LogP contribution in [0.5, 0.6) is 5.75 Å². The van der Waals surface area contributed by atoms with E-state index >= 15 is 0 Å². The van der Waals surface area contributed by atoms with Crippen LogP contribution in [0.15, 0.2) is 54.6 Å². The molecule has 1 unspecified atom stereocenters. The number of esters is 2. The molecule has 56 heavy (non-hydrogen) atoms. The zero-order chi connectivity index (χ0) is 41.0. The van der Waals surface area contributed by atoms with Gasteiger partial charge in [-0.25, -0.2) is 4.79 Å². The predicted molar refractivity (Wildman–Crippen MR) is 223 cm³/mol. The number of epoxide rings is 1. The van der Waals surface area contributed by atoms with Crippen LogP contribution in [0.4, 0.5) is 0 Å². The first-order valence-corrected chi connectivity index (χ1v) is 22.3. The van der Waals surface area contributed by atoms with Gasteiger partial charge < -0.3 is 34.9 Å². The van der Waals surface area contributed by atoms with Crippen molar-refractivity contribution in [2.24, 2.45) is 23.2 Å². The number of amides is 2. The van der Waals surface area contributed by atoms with Gasteiger partial charge in [0.05, 0.1) is 23.7 Å². The number of rotatable bonds is 15. The van der Waals surface area contributed by atoms with Gasteiger partial charge in [0.25, 0.3) is 0 Å². The molecule has 2 aromatic carbocycles. The Labute approximate surface area is 344 Å². The summed E-state index contributed by atoms with van der Waals surface area (Å²) in [6.45, 7) is 12.9. The van der Waals surface area contributed by atoms with Crippen molar-refractivity contribution < 1.29 is 38.1 Å². The van der Waals surface area contributed by atoms with Gasteiger partial charge in [-0.3, -0.25) is 14.4 Å². The van der Waals surface area contributed by atoms with E-state index in [1.54, 1.807) is 48.9 Å². The fraction of sp³-hybridized carbons (Fsp3) is 0.571. The van der Waals surface area contributed by atoms with Crippen molar-refractivity contribution in [1.82, 2.24) is 16.0 Å². The molecule has 2 aliphatic heterocycles. The predicted octanol–water partition coefficient (Wildman–Crippen LogP) is 6.86. The molecule has 2 amide bonds. The van der Waals surface area contributed by atoms with Crippen LogP contribution in [0.2, 0.25) is 5.02 Å². The fourth-order valence-corrected chi connectivity index (χ4v) is 8.23. The van der Waals surface area contributed by atoms with E-state index in [0.717, 1.165) is 24.4 Å². The van der Waals surface area contributed by atoms with Crippen LogP contribution in [0.3, 0.4) is 0 Å². The van der Waals surface area contributed by atoms with Gasteiger partial charge in [0.1, 0.15) is 24.0 Å². The lowest BCUT2D eigenvalue weighted by molar-refractivity contribution is -0.179.